The molecule has 0 unspecified atom stereocenters. The Morgan fingerprint density at radius 1 is 1.45 bits per heavy atom. The van der Waals surface area contributed by atoms with E-state index in [9.17, 15) is 4.79 Å². The maximum Gasteiger partial charge on any atom is 0.228 e. The zero-order valence-corrected chi connectivity index (χ0v) is 8.06. The molecule has 0 aromatic carbocycles. The molecule has 0 rings (SSSR count). The summed E-state index contributed by atoms with van der Waals surface area (Å²) in [5, 5.41) is 3.00. The molecule has 3 heteroatoms. The van der Waals surface area contributed by atoms with Crippen molar-refractivity contribution in [1.29, 1.82) is 0 Å². The van der Waals surface area contributed by atoms with E-state index in [2.05, 4.69) is 5.32 Å². The molecular weight excluding hydrogens is 140 g/mol. The number of carbonyl (C=O) groups excluding carboxylic acids is 1. The molecule has 0 aliphatic heterocycles. The first-order valence-electron chi connectivity index (χ1n) is 3.78. The van der Waals surface area contributed by atoms with E-state index in [1.807, 2.05) is 20.9 Å². The lowest BCUT2D eigenvalue weighted by Crippen LogP contribution is -2.41. The third-order valence-electron chi connectivity index (χ3n) is 1.60. The van der Waals surface area contributed by atoms with Crippen LogP contribution in [0.15, 0.2) is 0 Å². The number of hydrogen-bond acceptors (Lipinski definition) is 2. The predicted molar refractivity (Wildman–Crippen MR) is 46.4 cm³/mol. The van der Waals surface area contributed by atoms with Gasteiger partial charge in [0, 0.05) is 20.6 Å². The second-order valence-electron chi connectivity index (χ2n) is 3.61. The fraction of sp³-hybridized carbons (Fsp3) is 0.875. The number of nitrogens with zero attached hydrogens (tertiary/aromatic N) is 1. The molecule has 0 atom stereocenters. The number of rotatable bonds is 3. The molecule has 0 heterocycles. The Bertz CT molecular complexity index is 141. The first kappa shape index (κ1) is 10.4. The maximum atomic E-state index is 11.4. The Balaban J connectivity index is 4.17. The Morgan fingerprint density at radius 2 is 1.91 bits per heavy atom. The van der Waals surface area contributed by atoms with E-state index in [0.29, 0.717) is 6.54 Å². The standard InChI is InChI=1S/C8H18N2O/c1-8(2,6-9-3)7(11)10(4)5/h9H,6H2,1-5H3. The Kier molecular flexibility index (Phi) is 3.52. The SMILES string of the molecule is CNCC(C)(C)C(=O)N(C)C. The number of amides is 1. The lowest BCUT2D eigenvalue weighted by atomic mass is 9.92. The molecule has 0 aromatic heterocycles. The average molecular weight is 158 g/mol. The molecular formula is C8H18N2O. The number of hydrogen-bond donors (Lipinski definition) is 1. The minimum absolute atomic E-state index is 0.159. The minimum Gasteiger partial charge on any atom is -0.348 e. The third-order valence-corrected chi connectivity index (χ3v) is 1.60. The Hall–Kier alpha value is -0.570. The highest BCUT2D eigenvalue weighted by molar-refractivity contribution is 5.81. The molecule has 0 saturated heterocycles. The van der Waals surface area contributed by atoms with Gasteiger partial charge in [-0.2, -0.15) is 0 Å². The molecule has 0 radical (unpaired) electrons. The van der Waals surface area contributed by atoms with Gasteiger partial charge in [0.25, 0.3) is 0 Å². The third kappa shape index (κ3) is 2.89. The van der Waals surface area contributed by atoms with E-state index < -0.39 is 0 Å². The first-order chi connectivity index (χ1) is 4.91. The van der Waals surface area contributed by atoms with E-state index in [0.717, 1.165) is 0 Å². The highest BCUT2D eigenvalue weighted by Crippen LogP contribution is 2.15. The first-order valence-corrected chi connectivity index (χ1v) is 3.78. The normalized spacial score (nSPS) is 11.4. The van der Waals surface area contributed by atoms with Gasteiger partial charge in [-0.05, 0) is 20.9 Å². The van der Waals surface area contributed by atoms with Crippen LogP contribution in [0, 0.1) is 5.41 Å². The van der Waals surface area contributed by atoms with Gasteiger partial charge >= 0.3 is 0 Å². The summed E-state index contributed by atoms with van der Waals surface area (Å²) in [6.07, 6.45) is 0. The van der Waals surface area contributed by atoms with E-state index in [4.69, 9.17) is 0 Å². The topological polar surface area (TPSA) is 32.3 Å². The lowest BCUT2D eigenvalue weighted by Gasteiger charge is -2.26. The van der Waals surface area contributed by atoms with Crippen LogP contribution in [0.5, 0.6) is 0 Å². The van der Waals surface area contributed by atoms with Gasteiger partial charge in [0.1, 0.15) is 0 Å². The van der Waals surface area contributed by atoms with Gasteiger partial charge in [0.2, 0.25) is 5.91 Å². The fourth-order valence-corrected chi connectivity index (χ4v) is 1.12. The molecule has 0 bridgehead atoms. The maximum absolute atomic E-state index is 11.4. The van der Waals surface area contributed by atoms with Crippen LogP contribution >= 0.6 is 0 Å². The molecule has 66 valence electrons. The highest BCUT2D eigenvalue weighted by Gasteiger charge is 2.27. The largest absolute Gasteiger partial charge is 0.348 e. The molecule has 1 N–H and O–H groups in total. The molecule has 0 aromatic rings. The summed E-state index contributed by atoms with van der Waals surface area (Å²) >= 11 is 0. The van der Waals surface area contributed by atoms with Gasteiger partial charge in [0.15, 0.2) is 0 Å². The van der Waals surface area contributed by atoms with E-state index in [-0.39, 0.29) is 11.3 Å². The van der Waals surface area contributed by atoms with Gasteiger partial charge in [-0.25, -0.2) is 0 Å². The van der Waals surface area contributed by atoms with Crippen molar-refractivity contribution >= 4 is 5.91 Å². The van der Waals surface area contributed by atoms with Crippen LogP contribution in [-0.2, 0) is 4.79 Å². The number of nitrogens with one attached hydrogen (secondary N) is 1. The zero-order chi connectivity index (χ0) is 9.07. The summed E-state index contributed by atoms with van der Waals surface area (Å²) < 4.78 is 0. The van der Waals surface area contributed by atoms with Crippen LogP contribution in [-0.4, -0.2) is 38.5 Å². The van der Waals surface area contributed by atoms with Crippen molar-refractivity contribution in [3.8, 4) is 0 Å². The molecule has 0 fully saturated rings. The molecule has 1 amide bonds. The van der Waals surface area contributed by atoms with Crippen molar-refractivity contribution in [2.45, 2.75) is 13.8 Å². The van der Waals surface area contributed by atoms with Crippen molar-refractivity contribution in [1.82, 2.24) is 10.2 Å². The molecule has 0 aliphatic carbocycles. The summed E-state index contributed by atoms with van der Waals surface area (Å²) in [4.78, 5) is 13.1. The van der Waals surface area contributed by atoms with Gasteiger partial charge in [-0.3, -0.25) is 4.79 Å². The van der Waals surface area contributed by atoms with Crippen molar-refractivity contribution in [3.05, 3.63) is 0 Å². The smallest absolute Gasteiger partial charge is 0.228 e. The van der Waals surface area contributed by atoms with Crippen molar-refractivity contribution in [2.24, 2.45) is 5.41 Å². The van der Waals surface area contributed by atoms with Gasteiger partial charge in [0.05, 0.1) is 5.41 Å². The monoisotopic (exact) mass is 158 g/mol. The predicted octanol–water partition coefficient (Wildman–Crippen LogP) is 0.320. The molecule has 11 heavy (non-hydrogen) atoms. The van der Waals surface area contributed by atoms with Gasteiger partial charge in [-0.15, -0.1) is 0 Å². The van der Waals surface area contributed by atoms with Gasteiger partial charge < -0.3 is 10.2 Å². The van der Waals surface area contributed by atoms with E-state index in [1.54, 1.807) is 19.0 Å². The number of carbonyl (C=O) groups is 1. The van der Waals surface area contributed by atoms with Crippen LogP contribution in [0.1, 0.15) is 13.8 Å². The Labute approximate surface area is 68.8 Å². The summed E-state index contributed by atoms with van der Waals surface area (Å²) in [5.41, 5.74) is -0.293. The van der Waals surface area contributed by atoms with Crippen molar-refractivity contribution < 1.29 is 4.79 Å². The highest BCUT2D eigenvalue weighted by atomic mass is 16.2. The average Bonchev–Trinajstić information content (AvgIpc) is 1.86. The summed E-state index contributed by atoms with van der Waals surface area (Å²) in [7, 11) is 5.41. The van der Waals surface area contributed by atoms with Crippen molar-refractivity contribution in [3.63, 3.8) is 0 Å². The lowest BCUT2D eigenvalue weighted by molar-refractivity contribution is -0.137. The zero-order valence-electron chi connectivity index (χ0n) is 8.06. The fourth-order valence-electron chi connectivity index (χ4n) is 1.12. The van der Waals surface area contributed by atoms with Crippen LogP contribution in [0.25, 0.3) is 0 Å². The van der Waals surface area contributed by atoms with Crippen LogP contribution in [0.4, 0.5) is 0 Å². The molecule has 0 aliphatic rings. The van der Waals surface area contributed by atoms with Gasteiger partial charge in [-0.1, -0.05) is 0 Å². The minimum atomic E-state index is -0.293. The summed E-state index contributed by atoms with van der Waals surface area (Å²) in [6.45, 7) is 4.58. The quantitative estimate of drug-likeness (QED) is 0.641. The van der Waals surface area contributed by atoms with Crippen LogP contribution in [0.3, 0.4) is 0 Å². The van der Waals surface area contributed by atoms with E-state index >= 15 is 0 Å². The van der Waals surface area contributed by atoms with Crippen LogP contribution in [0.2, 0.25) is 0 Å². The van der Waals surface area contributed by atoms with E-state index in [1.165, 1.54) is 0 Å². The summed E-state index contributed by atoms with van der Waals surface area (Å²) in [6, 6.07) is 0. The summed E-state index contributed by atoms with van der Waals surface area (Å²) in [5.74, 6) is 0.159. The Morgan fingerprint density at radius 3 is 2.18 bits per heavy atom. The van der Waals surface area contributed by atoms with Crippen LogP contribution < -0.4 is 5.32 Å². The second-order valence-corrected chi connectivity index (χ2v) is 3.61. The molecule has 3 nitrogen and oxygen atoms in total. The molecule has 0 spiro atoms. The van der Waals surface area contributed by atoms with Crippen molar-refractivity contribution in [2.75, 3.05) is 27.7 Å². The molecule has 0 saturated carbocycles. The second kappa shape index (κ2) is 3.72.